The average molecular weight is 272 g/mol. The molecule has 0 spiro atoms. The van der Waals surface area contributed by atoms with Crippen LogP contribution in [-0.4, -0.2) is 11.4 Å². The number of aromatic nitrogens is 1. The van der Waals surface area contributed by atoms with Crippen LogP contribution in [0.1, 0.15) is 11.3 Å². The largest absolute Gasteiger partial charge is 0.454 e. The summed E-state index contributed by atoms with van der Waals surface area (Å²) in [5.41, 5.74) is 2.81. The van der Waals surface area contributed by atoms with E-state index < -0.39 is 0 Å². The van der Waals surface area contributed by atoms with Crippen molar-refractivity contribution in [3.05, 3.63) is 51.9 Å². The maximum Gasteiger partial charge on any atom is 0.252 e. The molecule has 20 heavy (non-hydrogen) atoms. The number of nitrogens with one attached hydrogen (secondary N) is 1. The molecular formula is C15H16N2O3. The number of fused-ring (bicyclic) bond motifs is 1. The molecule has 1 aromatic carbocycles. The molecule has 0 amide bonds. The van der Waals surface area contributed by atoms with Crippen LogP contribution in [0.3, 0.4) is 0 Å². The molecule has 3 rings (SSSR count). The van der Waals surface area contributed by atoms with Gasteiger partial charge in [-0.05, 0) is 30.7 Å². The van der Waals surface area contributed by atoms with E-state index in [-0.39, 0.29) is 12.4 Å². The van der Waals surface area contributed by atoms with Crippen molar-refractivity contribution >= 4 is 5.69 Å². The molecule has 0 fully saturated rings. The van der Waals surface area contributed by atoms with Gasteiger partial charge in [0.2, 0.25) is 6.79 Å². The fourth-order valence-electron chi connectivity index (χ4n) is 2.12. The van der Waals surface area contributed by atoms with Gasteiger partial charge in [-0.15, -0.1) is 0 Å². The van der Waals surface area contributed by atoms with Crippen molar-refractivity contribution in [2.75, 3.05) is 12.1 Å². The number of hydrogen-bond acceptors (Lipinski definition) is 4. The van der Waals surface area contributed by atoms with Crippen LogP contribution in [0.15, 0.2) is 35.1 Å². The van der Waals surface area contributed by atoms with Crippen LogP contribution >= 0.6 is 0 Å². The molecule has 104 valence electrons. The second kappa shape index (κ2) is 4.92. The summed E-state index contributed by atoms with van der Waals surface area (Å²) in [6, 6.07) is 9.38. The highest BCUT2D eigenvalue weighted by Gasteiger charge is 2.12. The third kappa shape index (κ3) is 2.34. The standard InChI is InChI=1S/C15H16N2O3/c1-10-5-12(7-15(18)17(10)2)16-8-11-3-4-13-14(6-11)20-9-19-13/h3-7,16H,8-9H2,1-2H3. The van der Waals surface area contributed by atoms with E-state index in [0.29, 0.717) is 6.54 Å². The fraction of sp³-hybridized carbons (Fsp3) is 0.267. The van der Waals surface area contributed by atoms with Crippen LogP contribution in [0, 0.1) is 6.92 Å². The van der Waals surface area contributed by atoms with Gasteiger partial charge in [-0.1, -0.05) is 6.07 Å². The summed E-state index contributed by atoms with van der Waals surface area (Å²) in [4.78, 5) is 11.7. The number of nitrogens with zero attached hydrogens (tertiary/aromatic N) is 1. The van der Waals surface area contributed by atoms with Crippen LogP contribution in [-0.2, 0) is 13.6 Å². The zero-order valence-corrected chi connectivity index (χ0v) is 11.5. The Morgan fingerprint density at radius 3 is 2.80 bits per heavy atom. The Hall–Kier alpha value is -2.43. The third-order valence-corrected chi connectivity index (χ3v) is 3.44. The molecule has 0 unspecified atom stereocenters. The molecule has 0 radical (unpaired) electrons. The number of ether oxygens (including phenoxy) is 2. The van der Waals surface area contributed by atoms with E-state index in [1.807, 2.05) is 31.2 Å². The number of pyridine rings is 1. The lowest BCUT2D eigenvalue weighted by atomic mass is 10.2. The zero-order chi connectivity index (χ0) is 14.1. The maximum absolute atomic E-state index is 11.7. The number of hydrogen-bond donors (Lipinski definition) is 1. The van der Waals surface area contributed by atoms with Crippen molar-refractivity contribution in [1.29, 1.82) is 0 Å². The van der Waals surface area contributed by atoms with Gasteiger partial charge in [0.25, 0.3) is 5.56 Å². The minimum atomic E-state index is -0.0156. The monoisotopic (exact) mass is 272 g/mol. The molecule has 1 aliphatic rings. The van der Waals surface area contributed by atoms with E-state index in [2.05, 4.69) is 5.32 Å². The Balaban J connectivity index is 1.75. The van der Waals surface area contributed by atoms with Crippen LogP contribution in [0.5, 0.6) is 11.5 Å². The molecule has 0 saturated carbocycles. The Kier molecular flexibility index (Phi) is 3.10. The Morgan fingerprint density at radius 1 is 1.20 bits per heavy atom. The van der Waals surface area contributed by atoms with E-state index >= 15 is 0 Å². The normalized spacial score (nSPS) is 12.5. The van der Waals surface area contributed by atoms with Gasteiger partial charge < -0.3 is 19.4 Å². The molecule has 1 aliphatic heterocycles. The highest BCUT2D eigenvalue weighted by molar-refractivity contribution is 5.47. The SMILES string of the molecule is Cc1cc(NCc2ccc3c(c2)OCO3)cc(=O)n1C. The minimum Gasteiger partial charge on any atom is -0.454 e. The number of benzene rings is 1. The van der Waals surface area contributed by atoms with Gasteiger partial charge >= 0.3 is 0 Å². The van der Waals surface area contributed by atoms with E-state index in [0.717, 1.165) is 28.4 Å². The lowest BCUT2D eigenvalue weighted by molar-refractivity contribution is 0.174. The predicted molar refractivity (Wildman–Crippen MR) is 76.3 cm³/mol. The molecule has 0 bridgehead atoms. The highest BCUT2D eigenvalue weighted by Crippen LogP contribution is 2.32. The van der Waals surface area contributed by atoms with Crippen molar-refractivity contribution in [2.24, 2.45) is 7.05 Å². The smallest absolute Gasteiger partial charge is 0.252 e. The molecule has 1 N–H and O–H groups in total. The van der Waals surface area contributed by atoms with Gasteiger partial charge in [0.05, 0.1) is 0 Å². The summed E-state index contributed by atoms with van der Waals surface area (Å²) in [6.07, 6.45) is 0. The summed E-state index contributed by atoms with van der Waals surface area (Å²) in [7, 11) is 1.76. The summed E-state index contributed by atoms with van der Waals surface area (Å²) < 4.78 is 12.2. The lowest BCUT2D eigenvalue weighted by Gasteiger charge is -2.10. The minimum absolute atomic E-state index is 0.0156. The number of rotatable bonds is 3. The van der Waals surface area contributed by atoms with Crippen molar-refractivity contribution in [3.63, 3.8) is 0 Å². The van der Waals surface area contributed by atoms with E-state index in [1.165, 1.54) is 0 Å². The Bertz CT molecular complexity index is 707. The molecule has 0 atom stereocenters. The first-order valence-corrected chi connectivity index (χ1v) is 6.43. The quantitative estimate of drug-likeness (QED) is 0.929. The van der Waals surface area contributed by atoms with Crippen molar-refractivity contribution < 1.29 is 9.47 Å². The molecule has 2 heterocycles. The molecule has 0 aliphatic carbocycles. The van der Waals surface area contributed by atoms with Crippen LogP contribution in [0.2, 0.25) is 0 Å². The van der Waals surface area contributed by atoms with Crippen LogP contribution in [0.4, 0.5) is 5.69 Å². The van der Waals surface area contributed by atoms with Gasteiger partial charge in [0, 0.05) is 31.0 Å². The maximum atomic E-state index is 11.7. The summed E-state index contributed by atoms with van der Waals surface area (Å²) >= 11 is 0. The van der Waals surface area contributed by atoms with Gasteiger partial charge in [0.15, 0.2) is 11.5 Å². The molecule has 2 aromatic rings. The average Bonchev–Trinajstić information content (AvgIpc) is 2.89. The lowest BCUT2D eigenvalue weighted by Crippen LogP contribution is -2.18. The number of aryl methyl sites for hydroxylation is 1. The summed E-state index contributed by atoms with van der Waals surface area (Å²) in [6.45, 7) is 2.82. The molecule has 0 saturated heterocycles. The van der Waals surface area contributed by atoms with Gasteiger partial charge in [-0.25, -0.2) is 0 Å². The fourth-order valence-corrected chi connectivity index (χ4v) is 2.12. The van der Waals surface area contributed by atoms with Crippen molar-refractivity contribution in [3.8, 4) is 11.5 Å². The van der Waals surface area contributed by atoms with Gasteiger partial charge in [-0.3, -0.25) is 4.79 Å². The third-order valence-electron chi connectivity index (χ3n) is 3.44. The van der Waals surface area contributed by atoms with E-state index in [1.54, 1.807) is 17.7 Å². The Labute approximate surface area is 116 Å². The zero-order valence-electron chi connectivity index (χ0n) is 11.5. The molecular weight excluding hydrogens is 256 g/mol. The number of anilines is 1. The van der Waals surface area contributed by atoms with Crippen molar-refractivity contribution in [1.82, 2.24) is 4.57 Å². The van der Waals surface area contributed by atoms with Crippen LogP contribution < -0.4 is 20.3 Å². The second-order valence-corrected chi connectivity index (χ2v) is 4.82. The summed E-state index contributed by atoms with van der Waals surface area (Å²) in [5, 5.41) is 3.25. The van der Waals surface area contributed by atoms with Crippen molar-refractivity contribution in [2.45, 2.75) is 13.5 Å². The first-order valence-electron chi connectivity index (χ1n) is 6.43. The second-order valence-electron chi connectivity index (χ2n) is 4.82. The predicted octanol–water partition coefficient (Wildman–Crippen LogP) is 2.03. The van der Waals surface area contributed by atoms with Gasteiger partial charge in [-0.2, -0.15) is 0 Å². The molecule has 5 nitrogen and oxygen atoms in total. The first kappa shape index (κ1) is 12.6. The van der Waals surface area contributed by atoms with Gasteiger partial charge in [0.1, 0.15) is 0 Å². The topological polar surface area (TPSA) is 52.5 Å². The van der Waals surface area contributed by atoms with Crippen LogP contribution in [0.25, 0.3) is 0 Å². The van der Waals surface area contributed by atoms with E-state index in [4.69, 9.17) is 9.47 Å². The Morgan fingerprint density at radius 2 is 2.00 bits per heavy atom. The first-order chi connectivity index (χ1) is 9.63. The van der Waals surface area contributed by atoms with E-state index in [9.17, 15) is 4.79 Å². The molecule has 5 heteroatoms. The summed E-state index contributed by atoms with van der Waals surface area (Å²) in [5.74, 6) is 1.54. The molecule has 1 aromatic heterocycles. The highest BCUT2D eigenvalue weighted by atomic mass is 16.7.